The second-order valence-corrected chi connectivity index (χ2v) is 13.0. The van der Waals surface area contributed by atoms with Gasteiger partial charge < -0.3 is 4.74 Å². The third-order valence-corrected chi connectivity index (χ3v) is 9.83. The molecule has 164 valence electrons. The summed E-state index contributed by atoms with van der Waals surface area (Å²) >= 11 is 0. The molecule has 2 fully saturated rings. The average molecular weight is 470 g/mol. The Morgan fingerprint density at radius 1 is 1.21 bits per heavy atom. The molecule has 3 unspecified atom stereocenters. The molecule has 2 rings (SSSR count). The topological polar surface area (TPSA) is 161 Å². The Bertz CT molecular complexity index is 988. The van der Waals surface area contributed by atoms with E-state index in [2.05, 4.69) is 4.74 Å². The smallest absolute Gasteiger partial charge is 0.456 e. The van der Waals surface area contributed by atoms with Gasteiger partial charge in [0.1, 0.15) is 6.10 Å². The maximum Gasteiger partial charge on any atom is 0.465 e. The monoisotopic (exact) mass is 469 g/mol. The number of fused-ring (bicyclic) bond motifs is 2. The van der Waals surface area contributed by atoms with E-state index in [1.807, 2.05) is 0 Å². The minimum atomic E-state index is -6.08. The fourth-order valence-corrected chi connectivity index (χ4v) is 8.13. The van der Waals surface area contributed by atoms with Crippen molar-refractivity contribution in [1.82, 2.24) is 4.13 Å². The maximum absolute atomic E-state index is 13.6. The lowest BCUT2D eigenvalue weighted by Crippen LogP contribution is -2.51. The third-order valence-electron chi connectivity index (χ3n) is 5.89. The van der Waals surface area contributed by atoms with Crippen LogP contribution in [0, 0.1) is 16.7 Å². The van der Waals surface area contributed by atoms with Gasteiger partial charge in [-0.1, -0.05) is 13.8 Å². The highest BCUT2D eigenvalue weighted by Gasteiger charge is 2.68. The van der Waals surface area contributed by atoms with Gasteiger partial charge in [-0.2, -0.15) is 17.2 Å². The number of sulfonamides is 2. The molecule has 0 spiro atoms. The molecular formula is C13H21F2NO9S3. The van der Waals surface area contributed by atoms with E-state index >= 15 is 0 Å². The van der Waals surface area contributed by atoms with Crippen LogP contribution in [0.1, 0.15) is 33.1 Å². The molecule has 10 nitrogen and oxygen atoms in total. The Balaban J connectivity index is 2.40. The van der Waals surface area contributed by atoms with Crippen LogP contribution >= 0.6 is 0 Å². The standard InChI is InChI=1S/C13H21F2NO9S3/c1-11(2)8-4-5-12(11,7-27(20,21)16-26(3,18)19)9(6-8)25-10(17)13(14,15)28(22,23)24/h8-9,16H,4-7H2,1-3H3,(H,22,23,24). The number of nitrogens with one attached hydrogen (secondary N) is 1. The fraction of sp³-hybridized carbons (Fsp3) is 0.923. The van der Waals surface area contributed by atoms with E-state index in [1.54, 1.807) is 13.8 Å². The van der Waals surface area contributed by atoms with Crippen LogP contribution in [0.3, 0.4) is 0 Å². The molecule has 2 aliphatic rings. The summed E-state index contributed by atoms with van der Waals surface area (Å²) in [5.74, 6) is -3.57. The lowest BCUT2D eigenvalue weighted by atomic mass is 9.69. The van der Waals surface area contributed by atoms with Crippen LogP contribution in [0.15, 0.2) is 0 Å². The van der Waals surface area contributed by atoms with Gasteiger partial charge in [0.05, 0.1) is 12.0 Å². The average Bonchev–Trinajstić information content (AvgIpc) is 2.76. The molecule has 0 aromatic carbocycles. The normalized spacial score (nSPS) is 30.4. The Labute approximate surface area is 161 Å². The van der Waals surface area contributed by atoms with Crippen molar-refractivity contribution in [3.63, 3.8) is 0 Å². The molecule has 0 amide bonds. The Morgan fingerprint density at radius 2 is 1.75 bits per heavy atom. The lowest BCUT2D eigenvalue weighted by Gasteiger charge is -2.41. The number of alkyl halides is 2. The number of halogens is 2. The van der Waals surface area contributed by atoms with E-state index < -0.39 is 64.1 Å². The van der Waals surface area contributed by atoms with Gasteiger partial charge in [0.15, 0.2) is 0 Å². The van der Waals surface area contributed by atoms with Crippen LogP contribution in [0.2, 0.25) is 0 Å². The zero-order valence-corrected chi connectivity index (χ0v) is 17.6. The van der Waals surface area contributed by atoms with Gasteiger partial charge in [-0.05, 0) is 30.6 Å². The number of carbonyl (C=O) groups is 1. The molecule has 0 aliphatic heterocycles. The first-order valence-electron chi connectivity index (χ1n) is 8.02. The van der Waals surface area contributed by atoms with Crippen molar-refractivity contribution >= 4 is 36.1 Å². The summed E-state index contributed by atoms with van der Waals surface area (Å²) in [6.45, 7) is 3.30. The van der Waals surface area contributed by atoms with Crippen LogP contribution in [-0.2, 0) is 39.7 Å². The van der Waals surface area contributed by atoms with Crippen molar-refractivity contribution in [3.05, 3.63) is 0 Å². The van der Waals surface area contributed by atoms with Gasteiger partial charge >= 0.3 is 21.3 Å². The zero-order chi connectivity index (χ0) is 22.0. The van der Waals surface area contributed by atoms with Crippen LogP contribution in [0.4, 0.5) is 8.78 Å². The summed E-state index contributed by atoms with van der Waals surface area (Å²) in [7, 11) is -14.7. The van der Waals surface area contributed by atoms with Gasteiger partial charge in [-0.3, -0.25) is 4.55 Å². The van der Waals surface area contributed by atoms with Crippen molar-refractivity contribution in [1.29, 1.82) is 0 Å². The predicted molar refractivity (Wildman–Crippen MR) is 91.7 cm³/mol. The van der Waals surface area contributed by atoms with E-state index in [0.717, 1.165) is 0 Å². The van der Waals surface area contributed by atoms with Crippen molar-refractivity contribution in [2.75, 3.05) is 12.0 Å². The molecule has 3 atom stereocenters. The third kappa shape index (κ3) is 3.91. The summed E-state index contributed by atoms with van der Waals surface area (Å²) in [6.07, 6.45) is -0.162. The number of hydrogen-bond donors (Lipinski definition) is 2. The van der Waals surface area contributed by atoms with Crippen molar-refractivity contribution < 1.29 is 48.1 Å². The number of hydrogen-bond acceptors (Lipinski definition) is 8. The van der Waals surface area contributed by atoms with E-state index in [-0.39, 0.29) is 18.8 Å². The van der Waals surface area contributed by atoms with E-state index in [1.165, 1.54) is 4.13 Å². The second kappa shape index (κ2) is 6.55. The molecule has 15 heteroatoms. The predicted octanol–water partition coefficient (Wildman–Crippen LogP) is 0.0841. The Morgan fingerprint density at radius 3 is 2.18 bits per heavy atom. The fourth-order valence-electron chi connectivity index (χ4n) is 4.41. The first kappa shape index (κ1) is 23.4. The molecule has 2 saturated carbocycles. The molecule has 28 heavy (non-hydrogen) atoms. The quantitative estimate of drug-likeness (QED) is 0.389. The SMILES string of the molecule is CC1(C)C2CCC1(CS(=O)(=O)NS(C)(=O)=O)C(OC(=O)C(F)(F)S(=O)(=O)O)C2. The van der Waals surface area contributed by atoms with Crippen LogP contribution in [0.25, 0.3) is 0 Å². The van der Waals surface area contributed by atoms with E-state index in [4.69, 9.17) is 4.55 Å². The van der Waals surface area contributed by atoms with Gasteiger partial charge in [-0.25, -0.2) is 21.6 Å². The molecule has 0 heterocycles. The highest BCUT2D eigenvalue weighted by molar-refractivity contribution is 8.04. The molecule has 2 bridgehead atoms. The second-order valence-electron chi connectivity index (χ2n) is 7.85. The van der Waals surface area contributed by atoms with Crippen LogP contribution < -0.4 is 4.13 Å². The zero-order valence-electron chi connectivity index (χ0n) is 15.2. The summed E-state index contributed by atoms with van der Waals surface area (Å²) in [5.41, 5.74) is -2.25. The summed E-state index contributed by atoms with van der Waals surface area (Å²) in [6, 6.07) is 0. The number of ether oxygens (including phenoxy) is 1. The highest BCUT2D eigenvalue weighted by atomic mass is 32.3. The van der Waals surface area contributed by atoms with E-state index in [0.29, 0.717) is 12.7 Å². The lowest BCUT2D eigenvalue weighted by molar-refractivity contribution is -0.174. The molecule has 0 radical (unpaired) electrons. The summed E-state index contributed by atoms with van der Waals surface area (Å²) in [4.78, 5) is 11.7. The Hall–Kier alpha value is -0.900. The first-order valence-corrected chi connectivity index (χ1v) is 13.0. The number of carbonyl (C=O) groups excluding carboxylic acids is 1. The minimum Gasteiger partial charge on any atom is -0.456 e. The largest absolute Gasteiger partial charge is 0.465 e. The van der Waals surface area contributed by atoms with Gasteiger partial charge in [0.25, 0.3) is 0 Å². The first-order chi connectivity index (χ1) is 12.3. The van der Waals surface area contributed by atoms with Crippen molar-refractivity contribution in [2.24, 2.45) is 16.7 Å². The van der Waals surface area contributed by atoms with Gasteiger partial charge in [-0.15, -0.1) is 4.13 Å². The van der Waals surface area contributed by atoms with Crippen LogP contribution in [0.5, 0.6) is 0 Å². The minimum absolute atomic E-state index is 0.00527. The molecule has 0 saturated heterocycles. The Kier molecular flexibility index (Phi) is 5.47. The summed E-state index contributed by atoms with van der Waals surface area (Å²) < 4.78 is 111. The highest BCUT2D eigenvalue weighted by Crippen LogP contribution is 2.67. The van der Waals surface area contributed by atoms with Crippen LogP contribution in [-0.4, -0.2) is 59.1 Å². The molecule has 2 aliphatic carbocycles. The van der Waals surface area contributed by atoms with Crippen molar-refractivity contribution in [3.8, 4) is 0 Å². The number of esters is 1. The number of rotatable bonds is 7. The summed E-state index contributed by atoms with van der Waals surface area (Å²) in [5, 5.41) is -5.22. The van der Waals surface area contributed by atoms with Gasteiger partial charge in [0.2, 0.25) is 20.0 Å². The molecule has 0 aromatic rings. The van der Waals surface area contributed by atoms with E-state index in [9.17, 15) is 38.8 Å². The molecular weight excluding hydrogens is 448 g/mol. The maximum atomic E-state index is 13.6. The molecule has 0 aromatic heterocycles. The van der Waals surface area contributed by atoms with Gasteiger partial charge in [0, 0.05) is 5.41 Å². The molecule has 2 N–H and O–H groups in total. The van der Waals surface area contributed by atoms with Crippen molar-refractivity contribution in [2.45, 2.75) is 44.5 Å².